The van der Waals surface area contributed by atoms with Crippen molar-refractivity contribution >= 4 is 5.91 Å². The number of nitrogens with zero attached hydrogens (tertiary/aromatic N) is 2. The molecule has 2 rings (SSSR count). The first-order valence-electron chi connectivity index (χ1n) is 6.68. The van der Waals surface area contributed by atoms with E-state index in [0.29, 0.717) is 12.1 Å². The molecule has 106 valence electrons. The van der Waals surface area contributed by atoms with Crippen molar-refractivity contribution in [1.82, 2.24) is 20.4 Å². The number of hydrogen-bond acceptors (Lipinski definition) is 3. The van der Waals surface area contributed by atoms with Crippen molar-refractivity contribution in [2.75, 3.05) is 13.6 Å². The summed E-state index contributed by atoms with van der Waals surface area (Å²) >= 11 is 0. The molecule has 0 saturated heterocycles. The van der Waals surface area contributed by atoms with Gasteiger partial charge < -0.3 is 10.6 Å². The van der Waals surface area contributed by atoms with E-state index in [4.69, 9.17) is 0 Å². The van der Waals surface area contributed by atoms with Crippen molar-refractivity contribution in [3.8, 4) is 5.69 Å². The van der Waals surface area contributed by atoms with Crippen LogP contribution in [-0.2, 0) is 0 Å². The zero-order valence-corrected chi connectivity index (χ0v) is 12.1. The van der Waals surface area contributed by atoms with Gasteiger partial charge in [0.1, 0.15) is 0 Å². The fraction of sp³-hybridized carbons (Fsp3) is 0.333. The molecule has 0 fully saturated rings. The van der Waals surface area contributed by atoms with Gasteiger partial charge in [0, 0.05) is 24.3 Å². The Bertz CT molecular complexity index is 574. The first kappa shape index (κ1) is 14.3. The molecule has 1 amide bonds. The summed E-state index contributed by atoms with van der Waals surface area (Å²) in [5.41, 5.74) is 2.56. The van der Waals surface area contributed by atoms with Crippen LogP contribution in [0.1, 0.15) is 23.0 Å². The van der Waals surface area contributed by atoms with Gasteiger partial charge in [-0.1, -0.05) is 0 Å². The Morgan fingerprint density at radius 2 is 2.00 bits per heavy atom. The van der Waals surface area contributed by atoms with E-state index < -0.39 is 0 Å². The van der Waals surface area contributed by atoms with Gasteiger partial charge in [-0.05, 0) is 51.2 Å². The number of hydrogen-bond donors (Lipinski definition) is 2. The predicted octanol–water partition coefficient (Wildman–Crippen LogP) is 1.52. The van der Waals surface area contributed by atoms with Crippen molar-refractivity contribution in [3.63, 3.8) is 0 Å². The molecule has 2 N–H and O–H groups in total. The van der Waals surface area contributed by atoms with E-state index in [2.05, 4.69) is 15.7 Å². The average Bonchev–Trinajstić information content (AvgIpc) is 2.91. The molecule has 1 aromatic heterocycles. The summed E-state index contributed by atoms with van der Waals surface area (Å²) in [6, 6.07) is 9.60. The van der Waals surface area contributed by atoms with E-state index in [1.807, 2.05) is 57.4 Å². The minimum Gasteiger partial charge on any atom is -0.350 e. The van der Waals surface area contributed by atoms with Crippen LogP contribution < -0.4 is 10.6 Å². The summed E-state index contributed by atoms with van der Waals surface area (Å²) in [4.78, 5) is 12.0. The zero-order chi connectivity index (χ0) is 14.5. The number of aryl methyl sites for hydroxylation is 1. The highest BCUT2D eigenvalue weighted by molar-refractivity contribution is 5.94. The summed E-state index contributed by atoms with van der Waals surface area (Å²) in [7, 11) is 1.87. The third-order valence-electron chi connectivity index (χ3n) is 3.18. The van der Waals surface area contributed by atoms with Crippen molar-refractivity contribution in [2.24, 2.45) is 0 Å². The van der Waals surface area contributed by atoms with Crippen LogP contribution in [0.25, 0.3) is 5.69 Å². The smallest absolute Gasteiger partial charge is 0.251 e. The van der Waals surface area contributed by atoms with Crippen LogP contribution in [0.4, 0.5) is 0 Å². The molecule has 1 unspecified atom stereocenters. The van der Waals surface area contributed by atoms with Gasteiger partial charge in [0.2, 0.25) is 0 Å². The van der Waals surface area contributed by atoms with Gasteiger partial charge in [-0.25, -0.2) is 4.68 Å². The molecule has 0 aliphatic rings. The lowest BCUT2D eigenvalue weighted by atomic mass is 10.2. The van der Waals surface area contributed by atoms with Crippen LogP contribution in [0.5, 0.6) is 0 Å². The van der Waals surface area contributed by atoms with Crippen LogP contribution in [0, 0.1) is 6.92 Å². The molecule has 0 spiro atoms. The monoisotopic (exact) mass is 272 g/mol. The highest BCUT2D eigenvalue weighted by Crippen LogP contribution is 2.09. The number of carbonyl (C=O) groups excluding carboxylic acids is 1. The zero-order valence-electron chi connectivity index (χ0n) is 12.1. The number of aromatic nitrogens is 2. The molecule has 5 heteroatoms. The lowest BCUT2D eigenvalue weighted by Gasteiger charge is -2.11. The lowest BCUT2D eigenvalue weighted by molar-refractivity contribution is 0.0950. The summed E-state index contributed by atoms with van der Waals surface area (Å²) in [6.45, 7) is 4.57. The number of likely N-dealkylation sites (N-methyl/N-ethyl adjacent to an activating group) is 1. The largest absolute Gasteiger partial charge is 0.350 e. The minimum absolute atomic E-state index is 0.0599. The van der Waals surface area contributed by atoms with Crippen molar-refractivity contribution in [2.45, 2.75) is 19.9 Å². The van der Waals surface area contributed by atoms with E-state index in [1.54, 1.807) is 4.68 Å². The highest BCUT2D eigenvalue weighted by Gasteiger charge is 2.07. The quantitative estimate of drug-likeness (QED) is 0.867. The van der Waals surface area contributed by atoms with Gasteiger partial charge in [-0.3, -0.25) is 4.79 Å². The summed E-state index contributed by atoms with van der Waals surface area (Å²) in [6.07, 6.45) is 1.90. The molecular weight excluding hydrogens is 252 g/mol. The van der Waals surface area contributed by atoms with E-state index >= 15 is 0 Å². The van der Waals surface area contributed by atoms with Gasteiger partial charge in [-0.15, -0.1) is 0 Å². The Hall–Kier alpha value is -2.14. The highest BCUT2D eigenvalue weighted by atomic mass is 16.1. The second kappa shape index (κ2) is 6.34. The minimum atomic E-state index is -0.0599. The first-order valence-corrected chi connectivity index (χ1v) is 6.68. The van der Waals surface area contributed by atoms with E-state index in [9.17, 15) is 4.79 Å². The number of benzene rings is 1. The number of nitrogens with one attached hydrogen (secondary N) is 2. The maximum atomic E-state index is 12.0. The predicted molar refractivity (Wildman–Crippen MR) is 79.2 cm³/mol. The van der Waals surface area contributed by atoms with Crippen LogP contribution >= 0.6 is 0 Å². The fourth-order valence-electron chi connectivity index (χ4n) is 1.77. The van der Waals surface area contributed by atoms with Gasteiger partial charge in [-0.2, -0.15) is 5.10 Å². The molecule has 0 bridgehead atoms. The summed E-state index contributed by atoms with van der Waals surface area (Å²) < 4.78 is 1.79. The summed E-state index contributed by atoms with van der Waals surface area (Å²) in [5, 5.41) is 10.3. The first-order chi connectivity index (χ1) is 9.60. The molecule has 1 aromatic carbocycles. The molecular formula is C15H20N4O. The molecule has 1 heterocycles. The number of amides is 1. The second-order valence-electron chi connectivity index (χ2n) is 4.85. The van der Waals surface area contributed by atoms with Crippen LogP contribution in [0.3, 0.4) is 0 Å². The van der Waals surface area contributed by atoms with Gasteiger partial charge in [0.25, 0.3) is 5.91 Å². The third kappa shape index (κ3) is 3.45. The third-order valence-corrected chi connectivity index (χ3v) is 3.18. The van der Waals surface area contributed by atoms with Gasteiger partial charge >= 0.3 is 0 Å². The molecule has 0 radical (unpaired) electrons. The SMILES string of the molecule is CNC(C)CNC(=O)c1ccc(-n2ccc(C)n2)cc1. The Kier molecular flexibility index (Phi) is 4.53. The van der Waals surface area contributed by atoms with Crippen molar-refractivity contribution in [3.05, 3.63) is 47.8 Å². The maximum absolute atomic E-state index is 12.0. The van der Waals surface area contributed by atoms with E-state index in [-0.39, 0.29) is 11.9 Å². The maximum Gasteiger partial charge on any atom is 0.251 e. The second-order valence-corrected chi connectivity index (χ2v) is 4.85. The van der Waals surface area contributed by atoms with Crippen molar-refractivity contribution < 1.29 is 4.79 Å². The molecule has 2 aromatic rings. The number of carbonyl (C=O) groups is 1. The Morgan fingerprint density at radius 3 is 2.55 bits per heavy atom. The average molecular weight is 272 g/mol. The van der Waals surface area contributed by atoms with Crippen LogP contribution in [-0.4, -0.2) is 35.3 Å². The topological polar surface area (TPSA) is 58.9 Å². The molecule has 5 nitrogen and oxygen atoms in total. The molecule has 1 atom stereocenters. The Morgan fingerprint density at radius 1 is 1.30 bits per heavy atom. The number of rotatable bonds is 5. The Labute approximate surface area is 119 Å². The fourth-order valence-corrected chi connectivity index (χ4v) is 1.77. The lowest BCUT2D eigenvalue weighted by Crippen LogP contribution is -2.37. The normalized spacial score (nSPS) is 12.2. The van der Waals surface area contributed by atoms with E-state index in [0.717, 1.165) is 11.4 Å². The van der Waals surface area contributed by atoms with Gasteiger partial charge in [0.15, 0.2) is 0 Å². The Balaban J connectivity index is 2.02. The summed E-state index contributed by atoms with van der Waals surface area (Å²) in [5.74, 6) is -0.0599. The molecule has 0 aliphatic heterocycles. The molecule has 20 heavy (non-hydrogen) atoms. The van der Waals surface area contributed by atoms with Crippen LogP contribution in [0.2, 0.25) is 0 Å². The van der Waals surface area contributed by atoms with Gasteiger partial charge in [0.05, 0.1) is 11.4 Å². The van der Waals surface area contributed by atoms with Crippen molar-refractivity contribution in [1.29, 1.82) is 0 Å². The molecule has 0 aliphatic carbocycles. The molecule has 0 saturated carbocycles. The van der Waals surface area contributed by atoms with Crippen LogP contribution in [0.15, 0.2) is 36.5 Å². The standard InChI is InChI=1S/C15H20N4O/c1-11-8-9-19(18-11)14-6-4-13(5-7-14)15(20)17-10-12(2)16-3/h4-9,12,16H,10H2,1-3H3,(H,17,20). The van der Waals surface area contributed by atoms with E-state index in [1.165, 1.54) is 0 Å².